The predicted octanol–water partition coefficient (Wildman–Crippen LogP) is 1.53. The zero-order valence-electron chi connectivity index (χ0n) is 6.40. The maximum atomic E-state index is 5.27. The molecule has 0 atom stereocenters. The fourth-order valence-electron chi connectivity index (χ4n) is 1.45. The van der Waals surface area contributed by atoms with E-state index in [1.54, 1.807) is 0 Å². The Kier molecular flexibility index (Phi) is 3.32. The molecule has 56 valence electrons. The molecule has 0 aliphatic heterocycles. The summed E-state index contributed by atoms with van der Waals surface area (Å²) in [5.74, 6) is 6.81. The van der Waals surface area contributed by atoms with Crippen molar-refractivity contribution in [2.24, 2.45) is 11.7 Å². The summed E-state index contributed by atoms with van der Waals surface area (Å²) in [4.78, 5) is 0. The minimum absolute atomic E-state index is 0.524. The quantitative estimate of drug-likeness (QED) is 0.503. The van der Waals surface area contributed by atoms with Gasteiger partial charge in [-0.15, -0.1) is 0 Å². The first-order valence-corrected chi connectivity index (χ1v) is 4.12. The van der Waals surface area contributed by atoms with Crippen molar-refractivity contribution < 1.29 is 0 Å². The normalized spacial score (nSPS) is 19.7. The molecule has 1 rings (SSSR count). The van der Waals surface area contributed by atoms with Gasteiger partial charge in [-0.1, -0.05) is 31.1 Å². The molecule has 1 heteroatoms. The second-order valence-corrected chi connectivity index (χ2v) is 2.86. The summed E-state index contributed by atoms with van der Waals surface area (Å²) in [5, 5.41) is 0. The molecule has 0 aromatic carbocycles. The molecule has 0 saturated heterocycles. The first-order chi connectivity index (χ1) is 4.93. The van der Waals surface area contributed by atoms with Crippen LogP contribution in [0, 0.1) is 17.8 Å². The van der Waals surface area contributed by atoms with E-state index in [1.807, 2.05) is 0 Å². The highest BCUT2D eigenvalue weighted by Crippen LogP contribution is 2.22. The van der Waals surface area contributed by atoms with Gasteiger partial charge >= 0.3 is 0 Å². The lowest BCUT2D eigenvalue weighted by Crippen LogP contribution is -2.04. The maximum absolute atomic E-state index is 5.27. The molecule has 0 aromatic rings. The van der Waals surface area contributed by atoms with E-state index in [9.17, 15) is 0 Å². The minimum atomic E-state index is 0.524. The van der Waals surface area contributed by atoms with Gasteiger partial charge in [0.1, 0.15) is 0 Å². The Bertz CT molecular complexity index is 135. The molecule has 10 heavy (non-hydrogen) atoms. The molecule has 1 nitrogen and oxygen atoms in total. The topological polar surface area (TPSA) is 26.0 Å². The van der Waals surface area contributed by atoms with Crippen molar-refractivity contribution in [3.8, 4) is 11.8 Å². The third-order valence-electron chi connectivity index (χ3n) is 2.01. The Labute approximate surface area is 63.0 Å². The van der Waals surface area contributed by atoms with Crippen molar-refractivity contribution in [2.75, 3.05) is 6.54 Å². The molecular weight excluding hydrogens is 122 g/mol. The highest BCUT2D eigenvalue weighted by atomic mass is 14.5. The molecule has 0 aromatic heterocycles. The van der Waals surface area contributed by atoms with Gasteiger partial charge in [-0.25, -0.2) is 0 Å². The lowest BCUT2D eigenvalue weighted by Gasteiger charge is -2.15. The van der Waals surface area contributed by atoms with Gasteiger partial charge in [0.15, 0.2) is 0 Å². The number of rotatable bonds is 0. The zero-order valence-corrected chi connectivity index (χ0v) is 6.40. The monoisotopic (exact) mass is 137 g/mol. The van der Waals surface area contributed by atoms with Crippen molar-refractivity contribution in [1.29, 1.82) is 0 Å². The van der Waals surface area contributed by atoms with Gasteiger partial charge < -0.3 is 5.73 Å². The molecule has 0 bridgehead atoms. The van der Waals surface area contributed by atoms with Gasteiger partial charge in [0.2, 0.25) is 0 Å². The largest absolute Gasteiger partial charge is 0.320 e. The third-order valence-corrected chi connectivity index (χ3v) is 2.01. The highest BCUT2D eigenvalue weighted by Gasteiger charge is 2.09. The number of hydrogen-bond acceptors (Lipinski definition) is 1. The molecular formula is C9H15N. The molecule has 0 unspecified atom stereocenters. The summed E-state index contributed by atoms with van der Waals surface area (Å²) in [5.41, 5.74) is 5.27. The standard InChI is InChI=1S/C9H15N/c10-8-4-7-9-5-2-1-3-6-9/h9H,1-3,5-6,8,10H2. The third kappa shape index (κ3) is 2.41. The van der Waals surface area contributed by atoms with Crippen LogP contribution in [-0.4, -0.2) is 6.54 Å². The number of nitrogens with two attached hydrogens (primary N) is 1. The van der Waals surface area contributed by atoms with E-state index in [0.29, 0.717) is 12.5 Å². The average molecular weight is 137 g/mol. The van der Waals surface area contributed by atoms with Gasteiger partial charge in [-0.2, -0.15) is 0 Å². The summed E-state index contributed by atoms with van der Waals surface area (Å²) < 4.78 is 0. The Balaban J connectivity index is 2.25. The highest BCUT2D eigenvalue weighted by molar-refractivity contribution is 5.05. The van der Waals surface area contributed by atoms with Crippen molar-refractivity contribution in [1.82, 2.24) is 0 Å². The zero-order chi connectivity index (χ0) is 7.23. The van der Waals surface area contributed by atoms with E-state index >= 15 is 0 Å². The molecule has 1 saturated carbocycles. The van der Waals surface area contributed by atoms with E-state index in [1.165, 1.54) is 32.1 Å². The van der Waals surface area contributed by atoms with Crippen LogP contribution in [-0.2, 0) is 0 Å². The van der Waals surface area contributed by atoms with Crippen LogP contribution in [0.5, 0.6) is 0 Å². The van der Waals surface area contributed by atoms with Crippen LogP contribution in [0.25, 0.3) is 0 Å². The van der Waals surface area contributed by atoms with Gasteiger partial charge in [0.05, 0.1) is 6.54 Å². The van der Waals surface area contributed by atoms with E-state index in [-0.39, 0.29) is 0 Å². The Morgan fingerprint density at radius 3 is 2.50 bits per heavy atom. The molecule has 0 amide bonds. The summed E-state index contributed by atoms with van der Waals surface area (Å²) >= 11 is 0. The summed E-state index contributed by atoms with van der Waals surface area (Å²) in [6.07, 6.45) is 6.73. The average Bonchev–Trinajstić information content (AvgIpc) is 2.03. The van der Waals surface area contributed by atoms with Crippen LogP contribution >= 0.6 is 0 Å². The van der Waals surface area contributed by atoms with Crippen LogP contribution in [0.4, 0.5) is 0 Å². The van der Waals surface area contributed by atoms with Crippen molar-refractivity contribution >= 4 is 0 Å². The van der Waals surface area contributed by atoms with Crippen LogP contribution in [0.1, 0.15) is 32.1 Å². The van der Waals surface area contributed by atoms with Gasteiger partial charge in [-0.05, 0) is 12.8 Å². The lowest BCUT2D eigenvalue weighted by molar-refractivity contribution is 0.430. The Morgan fingerprint density at radius 1 is 1.20 bits per heavy atom. The first-order valence-electron chi connectivity index (χ1n) is 4.12. The SMILES string of the molecule is NCC#CC1CCCCC1. The van der Waals surface area contributed by atoms with Crippen molar-refractivity contribution in [3.63, 3.8) is 0 Å². The van der Waals surface area contributed by atoms with Crippen LogP contribution in [0.15, 0.2) is 0 Å². The molecule has 2 N–H and O–H groups in total. The molecule has 0 spiro atoms. The second kappa shape index (κ2) is 4.35. The predicted molar refractivity (Wildman–Crippen MR) is 43.4 cm³/mol. The maximum Gasteiger partial charge on any atom is 0.0551 e. The van der Waals surface area contributed by atoms with E-state index in [2.05, 4.69) is 11.8 Å². The number of hydrogen-bond donors (Lipinski definition) is 1. The van der Waals surface area contributed by atoms with Crippen molar-refractivity contribution in [2.45, 2.75) is 32.1 Å². The molecule has 1 aliphatic carbocycles. The summed E-state index contributed by atoms with van der Waals surface area (Å²) in [6, 6.07) is 0. The fraction of sp³-hybridized carbons (Fsp3) is 0.778. The lowest BCUT2D eigenvalue weighted by atomic mass is 9.90. The minimum Gasteiger partial charge on any atom is -0.320 e. The molecule has 0 radical (unpaired) electrons. The van der Waals surface area contributed by atoms with E-state index in [4.69, 9.17) is 5.73 Å². The van der Waals surface area contributed by atoms with Gasteiger partial charge in [-0.3, -0.25) is 0 Å². The van der Waals surface area contributed by atoms with Crippen LogP contribution < -0.4 is 5.73 Å². The van der Waals surface area contributed by atoms with E-state index < -0.39 is 0 Å². The van der Waals surface area contributed by atoms with E-state index in [0.717, 1.165) is 0 Å². The van der Waals surface area contributed by atoms with Crippen LogP contribution in [0.3, 0.4) is 0 Å². The summed E-state index contributed by atoms with van der Waals surface area (Å²) in [6.45, 7) is 0.524. The summed E-state index contributed by atoms with van der Waals surface area (Å²) in [7, 11) is 0. The molecule has 1 aliphatic rings. The first kappa shape index (κ1) is 7.63. The van der Waals surface area contributed by atoms with Crippen LogP contribution in [0.2, 0.25) is 0 Å². The molecule has 0 heterocycles. The van der Waals surface area contributed by atoms with Gasteiger partial charge in [0, 0.05) is 5.92 Å². The van der Waals surface area contributed by atoms with Gasteiger partial charge in [0.25, 0.3) is 0 Å². The Hall–Kier alpha value is -0.480. The molecule has 1 fully saturated rings. The Morgan fingerprint density at radius 2 is 1.90 bits per heavy atom. The fourth-order valence-corrected chi connectivity index (χ4v) is 1.45. The smallest absolute Gasteiger partial charge is 0.0551 e. The second-order valence-electron chi connectivity index (χ2n) is 2.86. The van der Waals surface area contributed by atoms with Crippen molar-refractivity contribution in [3.05, 3.63) is 0 Å².